The van der Waals surface area contributed by atoms with Crippen molar-refractivity contribution >= 4 is 11.7 Å². The molecule has 0 spiro atoms. The van der Waals surface area contributed by atoms with Crippen LogP contribution in [0.4, 0.5) is 26.3 Å². The summed E-state index contributed by atoms with van der Waals surface area (Å²) in [7, 11) is 0. The maximum atomic E-state index is 12.8. The summed E-state index contributed by atoms with van der Waals surface area (Å²) in [6.07, 6.45) is -9.71. The van der Waals surface area contributed by atoms with Crippen molar-refractivity contribution in [2.24, 2.45) is 0 Å². The Bertz CT molecular complexity index is 1130. The van der Waals surface area contributed by atoms with Gasteiger partial charge in [-0.3, -0.25) is 14.6 Å². The molecule has 2 aromatic rings. The number of hydrogen-bond donors (Lipinski definition) is 2. The molecule has 0 aliphatic rings. The number of alkyl halides is 6. The lowest BCUT2D eigenvalue weighted by Gasteiger charge is -2.19. The first-order valence-corrected chi connectivity index (χ1v) is 10.8. The lowest BCUT2D eigenvalue weighted by atomic mass is 9.98. The van der Waals surface area contributed by atoms with E-state index in [9.17, 15) is 41.0 Å². The largest absolute Gasteiger partial charge is 0.468 e. The van der Waals surface area contributed by atoms with Gasteiger partial charge in [0, 0.05) is 17.5 Å². The summed E-state index contributed by atoms with van der Waals surface area (Å²) >= 11 is 0. The molecule has 0 radical (unpaired) electrons. The summed E-state index contributed by atoms with van der Waals surface area (Å²) in [5.41, 5.74) is -0.736. The van der Waals surface area contributed by atoms with Gasteiger partial charge in [-0.1, -0.05) is 0 Å². The number of rotatable bonds is 10. The highest BCUT2D eigenvalue weighted by atomic mass is 19.4. The minimum Gasteiger partial charge on any atom is -0.468 e. The van der Waals surface area contributed by atoms with E-state index in [-0.39, 0.29) is 6.42 Å². The summed E-state index contributed by atoms with van der Waals surface area (Å²) in [4.78, 5) is 32.7. The Balaban J connectivity index is 2.27. The van der Waals surface area contributed by atoms with Crippen molar-refractivity contribution in [1.29, 1.82) is 0 Å². The fraction of sp³-hybridized carbons (Fsp3) is 0.478. The van der Waals surface area contributed by atoms with Crippen molar-refractivity contribution in [2.75, 3.05) is 13.2 Å². The molecule has 37 heavy (non-hydrogen) atoms. The smallest absolute Gasteiger partial charge is 0.422 e. The van der Waals surface area contributed by atoms with Crippen molar-refractivity contribution in [1.82, 2.24) is 15.3 Å². The highest BCUT2D eigenvalue weighted by molar-refractivity contribution is 5.96. The Kier molecular flexibility index (Phi) is 9.12. The van der Waals surface area contributed by atoms with Gasteiger partial charge in [-0.2, -0.15) is 31.3 Å². The summed E-state index contributed by atoms with van der Waals surface area (Å²) in [6.45, 7) is 2.27. The van der Waals surface area contributed by atoms with Crippen LogP contribution in [0.25, 0.3) is 0 Å². The Morgan fingerprint density at radius 1 is 1.00 bits per heavy atom. The molecule has 2 rings (SSSR count). The minimum atomic E-state index is -4.81. The van der Waals surface area contributed by atoms with Gasteiger partial charge >= 0.3 is 12.4 Å². The molecule has 14 heteroatoms. The number of carbonyl (C=O) groups excluding carboxylic acids is 2. The van der Waals surface area contributed by atoms with Gasteiger partial charge in [-0.05, 0) is 51.5 Å². The molecule has 1 unspecified atom stereocenters. The monoisotopic (exact) mass is 537 g/mol. The number of Topliss-reactive ketones (excluding diaryl/α,β-unsaturated/α-hetero) is 1. The second-order valence-electron chi connectivity index (χ2n) is 8.70. The van der Waals surface area contributed by atoms with Crippen LogP contribution in [-0.2, 0) is 11.2 Å². The van der Waals surface area contributed by atoms with E-state index in [1.54, 1.807) is 19.9 Å². The predicted octanol–water partition coefficient (Wildman–Crippen LogP) is 4.04. The van der Waals surface area contributed by atoms with Crippen LogP contribution in [0, 0.1) is 6.92 Å². The zero-order chi connectivity index (χ0) is 28.2. The third-order valence-corrected chi connectivity index (χ3v) is 4.74. The zero-order valence-corrected chi connectivity index (χ0v) is 20.3. The molecule has 0 fully saturated rings. The van der Waals surface area contributed by atoms with E-state index in [0.717, 1.165) is 12.1 Å². The molecule has 1 atom stereocenters. The average molecular weight is 537 g/mol. The van der Waals surface area contributed by atoms with Gasteiger partial charge < -0.3 is 19.9 Å². The van der Waals surface area contributed by atoms with Crippen molar-refractivity contribution in [3.05, 3.63) is 46.8 Å². The van der Waals surface area contributed by atoms with Crippen molar-refractivity contribution in [2.45, 2.75) is 58.1 Å². The van der Waals surface area contributed by atoms with E-state index in [1.807, 2.05) is 0 Å². The van der Waals surface area contributed by atoms with Gasteiger partial charge in [-0.15, -0.1) is 0 Å². The first kappa shape index (κ1) is 29.8. The van der Waals surface area contributed by atoms with Crippen molar-refractivity contribution in [3.8, 4) is 11.8 Å². The molecule has 0 saturated heterocycles. The fourth-order valence-electron chi connectivity index (χ4n) is 2.94. The van der Waals surface area contributed by atoms with Crippen LogP contribution in [0.3, 0.4) is 0 Å². The second kappa shape index (κ2) is 11.3. The van der Waals surface area contributed by atoms with E-state index in [1.165, 1.54) is 19.9 Å². The van der Waals surface area contributed by atoms with Gasteiger partial charge in [0.2, 0.25) is 11.8 Å². The summed E-state index contributed by atoms with van der Waals surface area (Å²) in [6, 6.07) is 4.20. The minimum absolute atomic E-state index is 0.183. The maximum Gasteiger partial charge on any atom is 0.422 e. The van der Waals surface area contributed by atoms with Crippen LogP contribution in [-0.4, -0.2) is 57.9 Å². The number of halogens is 6. The van der Waals surface area contributed by atoms with Gasteiger partial charge in [-0.25, -0.2) is 0 Å². The number of aryl methyl sites for hydroxylation is 1. The second-order valence-corrected chi connectivity index (χ2v) is 8.70. The highest BCUT2D eigenvalue weighted by Crippen LogP contribution is 2.26. The number of ketones is 1. The number of hydrogen-bond acceptors (Lipinski definition) is 7. The van der Waals surface area contributed by atoms with Crippen LogP contribution < -0.4 is 14.8 Å². The number of nitrogens with one attached hydrogen (secondary N) is 1. The topological polar surface area (TPSA) is 111 Å². The van der Waals surface area contributed by atoms with Crippen LogP contribution >= 0.6 is 0 Å². The maximum absolute atomic E-state index is 12.8. The van der Waals surface area contributed by atoms with Gasteiger partial charge in [0.05, 0.1) is 12.5 Å². The molecule has 0 bridgehead atoms. The Labute approximate surface area is 208 Å². The SMILES string of the molecule is Cc1cc(C(C)NC(=O)c2ccc(OCC(F)(F)F)nc2OCC(F)(F)F)cc(CC(=O)C(C)(C)O)n1. The highest BCUT2D eigenvalue weighted by Gasteiger charge is 2.31. The van der Waals surface area contributed by atoms with Crippen LogP contribution in [0.2, 0.25) is 0 Å². The van der Waals surface area contributed by atoms with Crippen LogP contribution in [0.1, 0.15) is 54.1 Å². The lowest BCUT2D eigenvalue weighted by Crippen LogP contribution is -2.33. The zero-order valence-electron chi connectivity index (χ0n) is 20.3. The normalized spacial score (nSPS) is 13.2. The molecule has 8 nitrogen and oxygen atoms in total. The van der Waals surface area contributed by atoms with Crippen LogP contribution in [0.5, 0.6) is 11.8 Å². The fourth-order valence-corrected chi connectivity index (χ4v) is 2.94. The molecule has 2 heterocycles. The van der Waals surface area contributed by atoms with E-state index in [2.05, 4.69) is 24.8 Å². The number of ether oxygens (including phenoxy) is 2. The summed E-state index contributed by atoms with van der Waals surface area (Å²) in [5, 5.41) is 12.4. The molecular formula is C23H25F6N3O5. The quantitative estimate of drug-likeness (QED) is 0.440. The first-order chi connectivity index (χ1) is 16.8. The standard InChI is InChI=1S/C23H25F6N3O5/c1-12-7-14(8-15(30-12)9-17(33)21(3,4)35)13(2)31-19(34)16-5-6-18(36-10-22(24,25)26)32-20(16)37-11-23(27,28)29/h5-8,13,35H,9-11H2,1-4H3,(H,31,34). The van der Waals surface area contributed by atoms with Gasteiger partial charge in [0.25, 0.3) is 5.91 Å². The van der Waals surface area contributed by atoms with E-state index in [4.69, 9.17) is 0 Å². The lowest BCUT2D eigenvalue weighted by molar-refractivity contribution is -0.155. The van der Waals surface area contributed by atoms with Gasteiger partial charge in [0.1, 0.15) is 11.2 Å². The number of aliphatic hydroxyl groups is 1. The Hall–Kier alpha value is -3.42. The van der Waals surface area contributed by atoms with E-state index >= 15 is 0 Å². The number of amides is 1. The van der Waals surface area contributed by atoms with Crippen LogP contribution in [0.15, 0.2) is 24.3 Å². The Morgan fingerprint density at radius 3 is 2.16 bits per heavy atom. The van der Waals surface area contributed by atoms with Crippen molar-refractivity contribution < 1.29 is 50.5 Å². The third kappa shape index (κ3) is 9.86. The molecule has 2 N–H and O–H groups in total. The van der Waals surface area contributed by atoms with E-state index < -0.39 is 66.2 Å². The molecule has 0 aliphatic carbocycles. The molecular weight excluding hydrogens is 512 g/mol. The van der Waals surface area contributed by atoms with E-state index in [0.29, 0.717) is 17.0 Å². The number of aromatic nitrogens is 2. The average Bonchev–Trinajstić information content (AvgIpc) is 2.74. The number of carbonyl (C=O) groups is 2. The predicted molar refractivity (Wildman–Crippen MR) is 117 cm³/mol. The first-order valence-electron chi connectivity index (χ1n) is 10.8. The molecule has 204 valence electrons. The van der Waals surface area contributed by atoms with Crippen molar-refractivity contribution in [3.63, 3.8) is 0 Å². The molecule has 0 aliphatic heterocycles. The molecule has 2 aromatic heterocycles. The summed E-state index contributed by atoms with van der Waals surface area (Å²) in [5.74, 6) is -2.98. The van der Waals surface area contributed by atoms with Gasteiger partial charge in [0.15, 0.2) is 19.0 Å². The molecule has 1 amide bonds. The number of pyridine rings is 2. The third-order valence-electron chi connectivity index (χ3n) is 4.74. The summed E-state index contributed by atoms with van der Waals surface area (Å²) < 4.78 is 84.2. The Morgan fingerprint density at radius 2 is 1.59 bits per heavy atom. The molecule has 0 aromatic carbocycles. The molecule has 0 saturated carbocycles. The number of nitrogens with zero attached hydrogens (tertiary/aromatic N) is 2.